The quantitative estimate of drug-likeness (QED) is 0.778. The van der Waals surface area contributed by atoms with Crippen molar-refractivity contribution in [1.29, 1.82) is 0 Å². The normalized spacial score (nSPS) is 15.4. The molecule has 1 aromatic carbocycles. The van der Waals surface area contributed by atoms with Crippen LogP contribution in [0.25, 0.3) is 0 Å². The second-order valence-electron chi connectivity index (χ2n) is 7.09. The Bertz CT molecular complexity index is 1020. The Morgan fingerprint density at radius 2 is 1.75 bits per heavy atom. The van der Waals surface area contributed by atoms with Crippen molar-refractivity contribution in [1.82, 2.24) is 8.87 Å². The molecule has 0 spiro atoms. The number of piperidine rings is 1. The van der Waals surface area contributed by atoms with E-state index < -0.39 is 15.9 Å². The second-order valence-corrected chi connectivity index (χ2v) is 9.00. The van der Waals surface area contributed by atoms with E-state index in [1.54, 1.807) is 42.8 Å². The van der Waals surface area contributed by atoms with E-state index in [-0.39, 0.29) is 16.4 Å². The molecule has 0 radical (unpaired) electrons. The maximum absolute atomic E-state index is 13.0. The molecule has 2 heterocycles. The number of hydrogen-bond acceptors (Lipinski definition) is 4. The smallest absolute Gasteiger partial charge is 0.272 e. The van der Waals surface area contributed by atoms with E-state index in [1.165, 1.54) is 17.3 Å². The van der Waals surface area contributed by atoms with Crippen LogP contribution in [0.4, 0.5) is 5.69 Å². The van der Waals surface area contributed by atoms with Gasteiger partial charge in [-0.3, -0.25) is 9.59 Å². The molecule has 0 aliphatic carbocycles. The van der Waals surface area contributed by atoms with Gasteiger partial charge in [0.1, 0.15) is 10.6 Å². The molecule has 1 fully saturated rings. The van der Waals surface area contributed by atoms with Crippen LogP contribution in [0.2, 0.25) is 0 Å². The fourth-order valence-corrected chi connectivity index (χ4v) is 5.19. The summed E-state index contributed by atoms with van der Waals surface area (Å²) in [6.07, 6.45) is 2.74. The SMILES string of the molecule is CC(=O)c1cccc(NC(=O)c2cc(S(=O)(=O)N3CCCCC3)c(C)n2C)c1. The minimum Gasteiger partial charge on any atom is -0.343 e. The fourth-order valence-electron chi connectivity index (χ4n) is 3.41. The highest BCUT2D eigenvalue weighted by molar-refractivity contribution is 7.89. The van der Waals surface area contributed by atoms with Gasteiger partial charge in [-0.25, -0.2) is 8.42 Å². The molecule has 150 valence electrons. The Balaban J connectivity index is 1.89. The van der Waals surface area contributed by atoms with E-state index in [2.05, 4.69) is 5.32 Å². The summed E-state index contributed by atoms with van der Waals surface area (Å²) in [6, 6.07) is 8.08. The number of amides is 1. The van der Waals surface area contributed by atoms with Gasteiger partial charge in [-0.2, -0.15) is 4.31 Å². The number of carbonyl (C=O) groups is 2. The van der Waals surface area contributed by atoms with Gasteiger partial charge in [-0.05, 0) is 44.9 Å². The zero-order chi connectivity index (χ0) is 20.5. The zero-order valence-electron chi connectivity index (χ0n) is 16.4. The average Bonchev–Trinajstić information content (AvgIpc) is 2.98. The lowest BCUT2D eigenvalue weighted by atomic mass is 10.1. The number of carbonyl (C=O) groups excluding carboxylic acids is 2. The highest BCUT2D eigenvalue weighted by Gasteiger charge is 2.30. The van der Waals surface area contributed by atoms with Crippen molar-refractivity contribution in [2.24, 2.45) is 7.05 Å². The molecular weight excluding hydrogens is 378 g/mol. The van der Waals surface area contributed by atoms with E-state index in [9.17, 15) is 18.0 Å². The lowest BCUT2D eigenvalue weighted by Gasteiger charge is -2.25. The average molecular weight is 404 g/mol. The molecule has 0 unspecified atom stereocenters. The molecule has 0 bridgehead atoms. The highest BCUT2D eigenvalue weighted by atomic mass is 32.2. The lowest BCUT2D eigenvalue weighted by molar-refractivity contribution is 0.100. The minimum atomic E-state index is -3.63. The van der Waals surface area contributed by atoms with E-state index >= 15 is 0 Å². The van der Waals surface area contributed by atoms with Crippen molar-refractivity contribution >= 4 is 27.4 Å². The van der Waals surface area contributed by atoms with Crippen LogP contribution >= 0.6 is 0 Å². The van der Waals surface area contributed by atoms with Crippen molar-refractivity contribution in [3.05, 3.63) is 47.3 Å². The van der Waals surface area contributed by atoms with Crippen molar-refractivity contribution < 1.29 is 18.0 Å². The predicted molar refractivity (Wildman–Crippen MR) is 107 cm³/mol. The van der Waals surface area contributed by atoms with Crippen molar-refractivity contribution in [2.75, 3.05) is 18.4 Å². The van der Waals surface area contributed by atoms with Gasteiger partial charge in [0, 0.05) is 37.1 Å². The summed E-state index contributed by atoms with van der Waals surface area (Å²) in [5, 5.41) is 2.75. The zero-order valence-corrected chi connectivity index (χ0v) is 17.2. The van der Waals surface area contributed by atoms with Crippen LogP contribution in [-0.2, 0) is 17.1 Å². The number of hydrogen-bond donors (Lipinski definition) is 1. The molecule has 1 N–H and O–H groups in total. The Labute approximate surface area is 165 Å². The lowest BCUT2D eigenvalue weighted by Crippen LogP contribution is -2.35. The van der Waals surface area contributed by atoms with Crippen LogP contribution < -0.4 is 5.32 Å². The second kappa shape index (κ2) is 7.89. The van der Waals surface area contributed by atoms with Gasteiger partial charge in [-0.15, -0.1) is 0 Å². The van der Waals surface area contributed by atoms with Gasteiger partial charge in [0.25, 0.3) is 5.91 Å². The van der Waals surface area contributed by atoms with Gasteiger partial charge < -0.3 is 9.88 Å². The van der Waals surface area contributed by atoms with Crippen LogP contribution in [0.3, 0.4) is 0 Å². The van der Waals surface area contributed by atoms with Crippen molar-refractivity contribution in [3.8, 4) is 0 Å². The van der Waals surface area contributed by atoms with E-state index in [0.29, 0.717) is 30.0 Å². The van der Waals surface area contributed by atoms with Crippen LogP contribution in [0, 0.1) is 6.92 Å². The summed E-state index contributed by atoms with van der Waals surface area (Å²) in [5.74, 6) is -0.521. The first-order chi connectivity index (χ1) is 13.2. The first-order valence-electron chi connectivity index (χ1n) is 9.30. The van der Waals surface area contributed by atoms with Crippen molar-refractivity contribution in [2.45, 2.75) is 38.0 Å². The van der Waals surface area contributed by atoms with Gasteiger partial charge in [-0.1, -0.05) is 18.6 Å². The van der Waals surface area contributed by atoms with Gasteiger partial charge in [0.2, 0.25) is 10.0 Å². The number of nitrogens with zero attached hydrogens (tertiary/aromatic N) is 2. The van der Waals surface area contributed by atoms with Crippen LogP contribution in [0.1, 0.15) is 52.7 Å². The maximum Gasteiger partial charge on any atom is 0.272 e. The largest absolute Gasteiger partial charge is 0.343 e. The molecule has 7 nitrogen and oxygen atoms in total. The van der Waals surface area contributed by atoms with E-state index in [1.807, 2.05) is 0 Å². The molecule has 3 rings (SSSR count). The maximum atomic E-state index is 13.0. The van der Waals surface area contributed by atoms with E-state index in [0.717, 1.165) is 19.3 Å². The predicted octanol–water partition coefficient (Wildman–Crippen LogP) is 2.96. The van der Waals surface area contributed by atoms with E-state index in [4.69, 9.17) is 0 Å². The number of benzene rings is 1. The number of nitrogens with one attached hydrogen (secondary N) is 1. The molecule has 8 heteroatoms. The molecule has 1 saturated heterocycles. The number of sulfonamides is 1. The third-order valence-corrected chi connectivity index (χ3v) is 7.20. The van der Waals surface area contributed by atoms with Gasteiger partial charge in [0.15, 0.2) is 5.78 Å². The standard InChI is InChI=1S/C20H25N3O4S/c1-14-19(28(26,27)23-10-5-4-6-11-23)13-18(22(14)3)20(25)21-17-9-7-8-16(12-17)15(2)24/h7-9,12-13H,4-6,10-11H2,1-3H3,(H,21,25). The van der Waals surface area contributed by atoms with Crippen molar-refractivity contribution in [3.63, 3.8) is 0 Å². The minimum absolute atomic E-state index is 0.0966. The van der Waals surface area contributed by atoms with Gasteiger partial charge >= 0.3 is 0 Å². The summed E-state index contributed by atoms with van der Waals surface area (Å²) < 4.78 is 29.1. The third kappa shape index (κ3) is 3.88. The summed E-state index contributed by atoms with van der Waals surface area (Å²) in [6.45, 7) is 4.18. The van der Waals surface area contributed by atoms with Gasteiger partial charge in [0.05, 0.1) is 0 Å². The molecule has 2 aromatic rings. The first kappa shape index (κ1) is 20.3. The molecule has 1 aliphatic rings. The fraction of sp³-hybridized carbons (Fsp3) is 0.400. The summed E-state index contributed by atoms with van der Waals surface area (Å²) in [4.78, 5) is 24.5. The Morgan fingerprint density at radius 3 is 2.39 bits per heavy atom. The number of aromatic nitrogens is 1. The Kier molecular flexibility index (Phi) is 5.71. The molecule has 28 heavy (non-hydrogen) atoms. The monoisotopic (exact) mass is 403 g/mol. The molecule has 0 atom stereocenters. The first-order valence-corrected chi connectivity index (χ1v) is 10.7. The number of Topliss-reactive ketones (excluding diaryl/α,β-unsaturated/α-hetero) is 1. The van der Waals surface area contributed by atoms with Crippen LogP contribution in [-0.4, -0.2) is 42.1 Å². The van der Waals surface area contributed by atoms with Crippen LogP contribution in [0.15, 0.2) is 35.2 Å². The number of ketones is 1. The third-order valence-electron chi connectivity index (χ3n) is 5.18. The number of anilines is 1. The molecule has 1 amide bonds. The summed E-state index contributed by atoms with van der Waals surface area (Å²) in [7, 11) is -1.96. The Hall–Kier alpha value is -2.45. The summed E-state index contributed by atoms with van der Waals surface area (Å²) >= 11 is 0. The van der Waals surface area contributed by atoms with Crippen LogP contribution in [0.5, 0.6) is 0 Å². The molecule has 0 saturated carbocycles. The highest BCUT2D eigenvalue weighted by Crippen LogP contribution is 2.26. The molecular formula is C20H25N3O4S. The Morgan fingerprint density at radius 1 is 1.07 bits per heavy atom. The summed E-state index contributed by atoms with van der Waals surface area (Å²) in [5.41, 5.74) is 1.75. The molecule has 1 aliphatic heterocycles. The number of rotatable bonds is 5. The topological polar surface area (TPSA) is 88.5 Å². The molecule has 1 aromatic heterocycles.